The van der Waals surface area contributed by atoms with Crippen molar-refractivity contribution < 1.29 is 4.79 Å². The molecule has 1 unspecified atom stereocenters. The van der Waals surface area contributed by atoms with Crippen LogP contribution in [0.4, 0.5) is 0 Å². The maximum Gasteiger partial charge on any atom is 0.231 e. The molecule has 0 saturated carbocycles. The zero-order valence-corrected chi connectivity index (χ0v) is 22.9. The molecular weight excluding hydrogens is 527 g/mol. The highest BCUT2D eigenvalue weighted by Gasteiger charge is 2.28. The lowest BCUT2D eigenvalue weighted by Gasteiger charge is -2.21. The quantitative estimate of drug-likeness (QED) is 0.250. The zero-order valence-electron chi connectivity index (χ0n) is 20.6. The van der Waals surface area contributed by atoms with E-state index in [9.17, 15) is 4.79 Å². The summed E-state index contributed by atoms with van der Waals surface area (Å²) in [5.41, 5.74) is 11.3. The van der Waals surface area contributed by atoms with Crippen molar-refractivity contribution in [2.75, 3.05) is 13.6 Å². The van der Waals surface area contributed by atoms with Crippen LogP contribution in [0.25, 0.3) is 11.3 Å². The Labute approximate surface area is 232 Å². The van der Waals surface area contributed by atoms with Gasteiger partial charge in [0.15, 0.2) is 0 Å². The molecule has 0 aliphatic heterocycles. The molecule has 37 heavy (non-hydrogen) atoms. The number of rotatable bonds is 9. The first kappa shape index (κ1) is 27.1. The van der Waals surface area contributed by atoms with Gasteiger partial charge >= 0.3 is 0 Å². The van der Waals surface area contributed by atoms with E-state index in [1.54, 1.807) is 24.4 Å². The highest BCUT2D eigenvalue weighted by atomic mass is 35.5. The van der Waals surface area contributed by atoms with Crippen molar-refractivity contribution in [2.45, 2.75) is 25.8 Å². The lowest BCUT2D eigenvalue weighted by atomic mass is 9.92. The van der Waals surface area contributed by atoms with Crippen LogP contribution in [-0.4, -0.2) is 34.4 Å². The summed E-state index contributed by atoms with van der Waals surface area (Å²) < 4.78 is 0. The smallest absolute Gasteiger partial charge is 0.231 e. The van der Waals surface area contributed by atoms with E-state index < -0.39 is 11.8 Å². The maximum atomic E-state index is 12.8. The van der Waals surface area contributed by atoms with Crippen molar-refractivity contribution in [3.05, 3.63) is 116 Å². The second-order valence-electron chi connectivity index (χ2n) is 8.98. The molecule has 0 saturated heterocycles. The van der Waals surface area contributed by atoms with Gasteiger partial charge in [0, 0.05) is 57.6 Å². The molecule has 4 aromatic rings. The van der Waals surface area contributed by atoms with Crippen molar-refractivity contribution in [1.82, 2.24) is 14.9 Å². The minimum absolute atomic E-state index is 0.358. The highest BCUT2D eigenvalue weighted by Crippen LogP contribution is 2.37. The summed E-state index contributed by atoms with van der Waals surface area (Å²) in [6.45, 7) is 3.37. The first-order chi connectivity index (χ1) is 17.7. The molecule has 2 N–H and O–H groups in total. The lowest BCUT2D eigenvalue weighted by Crippen LogP contribution is -2.25. The van der Waals surface area contributed by atoms with Crippen molar-refractivity contribution in [1.29, 1.82) is 0 Å². The summed E-state index contributed by atoms with van der Waals surface area (Å²) in [7, 11) is 2.05. The van der Waals surface area contributed by atoms with E-state index in [-0.39, 0.29) is 0 Å². The average Bonchev–Trinajstić information content (AvgIpc) is 2.87. The molecule has 5 nitrogen and oxygen atoms in total. The van der Waals surface area contributed by atoms with Crippen LogP contribution < -0.4 is 5.73 Å². The van der Waals surface area contributed by atoms with E-state index >= 15 is 0 Å². The zero-order chi connectivity index (χ0) is 26.5. The SMILES string of the molecule is Cc1c(Cl)cccc1-c1cc(CN(C)CCc2ccccn2)cc(C(C(N)=O)c2c(Cl)cccc2Cl)n1. The van der Waals surface area contributed by atoms with Gasteiger partial charge in [0.1, 0.15) is 5.92 Å². The van der Waals surface area contributed by atoms with E-state index in [0.29, 0.717) is 38.6 Å². The Kier molecular flexibility index (Phi) is 8.83. The van der Waals surface area contributed by atoms with Crippen LogP contribution in [0.3, 0.4) is 0 Å². The number of amides is 1. The molecule has 0 bridgehead atoms. The minimum atomic E-state index is -0.918. The fourth-order valence-electron chi connectivity index (χ4n) is 4.34. The van der Waals surface area contributed by atoms with Gasteiger partial charge in [-0.2, -0.15) is 0 Å². The highest BCUT2D eigenvalue weighted by molar-refractivity contribution is 6.36. The lowest BCUT2D eigenvalue weighted by molar-refractivity contribution is -0.118. The largest absolute Gasteiger partial charge is 0.369 e. The van der Waals surface area contributed by atoms with Crippen molar-refractivity contribution in [2.24, 2.45) is 5.73 Å². The van der Waals surface area contributed by atoms with E-state index in [4.69, 9.17) is 45.5 Å². The molecule has 0 fully saturated rings. The number of halogens is 3. The number of carbonyl (C=O) groups is 1. The van der Waals surface area contributed by atoms with Gasteiger partial charge in [0.25, 0.3) is 0 Å². The Balaban J connectivity index is 1.77. The normalized spacial score (nSPS) is 12.1. The number of pyridine rings is 2. The van der Waals surface area contributed by atoms with Crippen LogP contribution >= 0.6 is 34.8 Å². The van der Waals surface area contributed by atoms with Crippen LogP contribution in [-0.2, 0) is 17.8 Å². The van der Waals surface area contributed by atoms with E-state index in [1.807, 2.05) is 62.5 Å². The maximum absolute atomic E-state index is 12.8. The van der Waals surface area contributed by atoms with Crippen molar-refractivity contribution >= 4 is 40.7 Å². The first-order valence-corrected chi connectivity index (χ1v) is 13.0. The topological polar surface area (TPSA) is 72.1 Å². The fraction of sp³-hybridized carbons (Fsp3) is 0.207. The van der Waals surface area contributed by atoms with E-state index in [1.165, 1.54) is 0 Å². The summed E-state index contributed by atoms with van der Waals surface area (Å²) in [4.78, 5) is 24.3. The molecular formula is C29H27Cl3N4O. The number of carbonyl (C=O) groups excluding carboxylic acids is 1. The standard InChI is InChI=1S/C29H27Cl3N4O/c1-18-21(8-5-9-22(18)30)25-15-19(17-36(2)14-12-20-7-3-4-13-34-20)16-26(35-25)28(29(33)37)27-23(31)10-6-11-24(27)32/h3-11,13,15-16,28H,12,14,17H2,1-2H3,(H2,33,37). The van der Waals surface area contributed by atoms with Gasteiger partial charge in [-0.25, -0.2) is 0 Å². The van der Waals surface area contributed by atoms with Crippen molar-refractivity contribution in [3.63, 3.8) is 0 Å². The Morgan fingerprint density at radius 3 is 2.35 bits per heavy atom. The number of primary amides is 1. The molecule has 2 heterocycles. The predicted octanol–water partition coefficient (Wildman–Crippen LogP) is 6.70. The Hall–Kier alpha value is -2.96. The van der Waals surface area contributed by atoms with E-state index in [2.05, 4.69) is 9.88 Å². The summed E-state index contributed by atoms with van der Waals surface area (Å²) in [5.74, 6) is -1.50. The third-order valence-corrected chi connectivity index (χ3v) is 7.31. The number of nitrogens with zero attached hydrogens (tertiary/aromatic N) is 3. The number of aromatic nitrogens is 2. The molecule has 2 aromatic heterocycles. The molecule has 4 rings (SSSR count). The molecule has 1 atom stereocenters. The Morgan fingerprint density at radius 2 is 1.68 bits per heavy atom. The van der Waals surface area contributed by atoms with Gasteiger partial charge in [0.2, 0.25) is 5.91 Å². The third kappa shape index (κ3) is 6.49. The van der Waals surface area contributed by atoms with Gasteiger partial charge in [-0.3, -0.25) is 14.8 Å². The number of hydrogen-bond acceptors (Lipinski definition) is 4. The van der Waals surface area contributed by atoms with Crippen LogP contribution in [0.2, 0.25) is 15.1 Å². The molecule has 0 spiro atoms. The summed E-state index contributed by atoms with van der Waals surface area (Å²) in [5, 5.41) is 1.35. The van der Waals surface area contributed by atoms with Gasteiger partial charge in [-0.1, -0.05) is 59.1 Å². The van der Waals surface area contributed by atoms with Crippen LogP contribution in [0.5, 0.6) is 0 Å². The molecule has 190 valence electrons. The Morgan fingerprint density at radius 1 is 0.973 bits per heavy atom. The molecule has 0 aliphatic carbocycles. The summed E-state index contributed by atoms with van der Waals surface area (Å²) >= 11 is 19.4. The summed E-state index contributed by atoms with van der Waals surface area (Å²) in [6.07, 6.45) is 2.61. The van der Waals surface area contributed by atoms with Gasteiger partial charge < -0.3 is 10.6 Å². The molecule has 2 aromatic carbocycles. The van der Waals surface area contributed by atoms with Crippen LogP contribution in [0.15, 0.2) is 72.9 Å². The monoisotopic (exact) mass is 552 g/mol. The van der Waals surface area contributed by atoms with E-state index in [0.717, 1.165) is 35.3 Å². The van der Waals surface area contributed by atoms with Crippen molar-refractivity contribution in [3.8, 4) is 11.3 Å². The molecule has 0 aliphatic rings. The minimum Gasteiger partial charge on any atom is -0.369 e. The molecule has 8 heteroatoms. The number of benzene rings is 2. The number of hydrogen-bond donors (Lipinski definition) is 1. The fourth-order valence-corrected chi connectivity index (χ4v) is 5.13. The molecule has 1 amide bonds. The number of likely N-dealkylation sites (N-methyl/N-ethyl adjacent to an activating group) is 1. The van der Waals surface area contributed by atoms with Crippen LogP contribution in [0, 0.1) is 6.92 Å². The number of nitrogens with two attached hydrogens (primary N) is 1. The second kappa shape index (κ2) is 12.1. The van der Waals surface area contributed by atoms with Gasteiger partial charge in [-0.15, -0.1) is 0 Å². The third-order valence-electron chi connectivity index (χ3n) is 6.25. The van der Waals surface area contributed by atoms with Gasteiger partial charge in [0.05, 0.1) is 11.4 Å². The summed E-state index contributed by atoms with van der Waals surface area (Å²) in [6, 6.07) is 20.6. The molecule has 0 radical (unpaired) electrons. The van der Waals surface area contributed by atoms with Gasteiger partial charge in [-0.05, 0) is 67.6 Å². The van der Waals surface area contributed by atoms with Crippen LogP contribution in [0.1, 0.15) is 34.0 Å². The first-order valence-electron chi connectivity index (χ1n) is 11.8. The Bertz CT molecular complexity index is 1390. The second-order valence-corrected chi connectivity index (χ2v) is 10.2. The predicted molar refractivity (Wildman–Crippen MR) is 151 cm³/mol. The average molecular weight is 554 g/mol.